The number of ether oxygens (including phenoxy) is 1. The molecule has 0 spiro atoms. The number of carbonyl (C=O) groups is 1. The Hall–Kier alpha value is -3.63. The van der Waals surface area contributed by atoms with Crippen molar-refractivity contribution in [1.82, 2.24) is 25.1 Å². The average molecular weight is 474 g/mol. The number of anilines is 2. The lowest BCUT2D eigenvalue weighted by Crippen LogP contribution is -2.35. The van der Waals surface area contributed by atoms with Crippen LogP contribution >= 0.6 is 0 Å². The molecule has 1 atom stereocenters. The summed E-state index contributed by atoms with van der Waals surface area (Å²) in [5, 5.41) is 16.0. The summed E-state index contributed by atoms with van der Waals surface area (Å²) in [7, 11) is 0. The van der Waals surface area contributed by atoms with E-state index in [-0.39, 0.29) is 12.1 Å². The Morgan fingerprint density at radius 2 is 1.79 bits per heavy atom. The topological polar surface area (TPSA) is 85.2 Å². The fourth-order valence-corrected chi connectivity index (χ4v) is 3.60. The third-order valence-electron chi connectivity index (χ3n) is 5.23. The first-order valence-electron chi connectivity index (χ1n) is 10.8. The van der Waals surface area contributed by atoms with E-state index in [4.69, 9.17) is 4.74 Å². The van der Waals surface area contributed by atoms with E-state index in [1.165, 1.54) is 16.9 Å². The first kappa shape index (κ1) is 23.5. The van der Waals surface area contributed by atoms with Crippen LogP contribution in [0.3, 0.4) is 0 Å². The standard InChI is InChI=1S/C23H25F3N6O2/c1-22(2,3)34-21(33)31-13-12-17(14-31)32-29-20(28-30-32)18-6-4-5-7-19(18)27-16-10-8-15(9-11-16)23(24,25)26/h4-11,17,27H,12-14H2,1-3H3. The van der Waals surface area contributed by atoms with Crippen LogP contribution in [0, 0.1) is 0 Å². The number of benzene rings is 2. The van der Waals surface area contributed by atoms with Gasteiger partial charge in [0.15, 0.2) is 0 Å². The molecule has 0 bridgehead atoms. The summed E-state index contributed by atoms with van der Waals surface area (Å²) in [5.41, 5.74) is 0.487. The van der Waals surface area contributed by atoms with Crippen molar-refractivity contribution in [2.24, 2.45) is 0 Å². The second-order valence-corrected chi connectivity index (χ2v) is 9.05. The highest BCUT2D eigenvalue weighted by atomic mass is 19.4. The van der Waals surface area contributed by atoms with Gasteiger partial charge >= 0.3 is 12.3 Å². The molecule has 1 saturated heterocycles. The van der Waals surface area contributed by atoms with Crippen molar-refractivity contribution >= 4 is 17.5 Å². The van der Waals surface area contributed by atoms with Crippen molar-refractivity contribution in [1.29, 1.82) is 0 Å². The highest BCUT2D eigenvalue weighted by Crippen LogP contribution is 2.32. The predicted molar refractivity (Wildman–Crippen MR) is 119 cm³/mol. The van der Waals surface area contributed by atoms with Gasteiger partial charge in [0.25, 0.3) is 0 Å². The molecule has 180 valence electrons. The number of carbonyl (C=O) groups excluding carboxylic acids is 1. The average Bonchev–Trinajstić information content (AvgIpc) is 3.43. The summed E-state index contributed by atoms with van der Waals surface area (Å²) in [6.45, 7) is 6.40. The lowest BCUT2D eigenvalue weighted by atomic mass is 10.1. The van der Waals surface area contributed by atoms with Crippen LogP contribution in [0.1, 0.15) is 38.8 Å². The molecular formula is C23H25F3N6O2. The van der Waals surface area contributed by atoms with Gasteiger partial charge in [0.05, 0.1) is 11.6 Å². The molecule has 0 aliphatic carbocycles. The number of aromatic nitrogens is 4. The maximum Gasteiger partial charge on any atom is 0.416 e. The van der Waals surface area contributed by atoms with Gasteiger partial charge in [-0.25, -0.2) is 4.79 Å². The van der Waals surface area contributed by atoms with Crippen LogP contribution in [-0.2, 0) is 10.9 Å². The van der Waals surface area contributed by atoms with E-state index in [9.17, 15) is 18.0 Å². The molecule has 0 saturated carbocycles. The number of nitrogens with zero attached hydrogens (tertiary/aromatic N) is 5. The van der Waals surface area contributed by atoms with E-state index < -0.39 is 17.3 Å². The van der Waals surface area contributed by atoms with E-state index in [1.54, 1.807) is 23.1 Å². The third-order valence-corrected chi connectivity index (χ3v) is 5.23. The van der Waals surface area contributed by atoms with E-state index >= 15 is 0 Å². The van der Waals surface area contributed by atoms with Crippen LogP contribution in [0.25, 0.3) is 11.4 Å². The summed E-state index contributed by atoms with van der Waals surface area (Å²) in [4.78, 5) is 15.4. The predicted octanol–water partition coefficient (Wildman–Crippen LogP) is 5.28. The summed E-state index contributed by atoms with van der Waals surface area (Å²) in [6.07, 6.45) is -4.10. The van der Waals surface area contributed by atoms with E-state index in [0.717, 1.165) is 12.1 Å². The van der Waals surface area contributed by atoms with Crippen molar-refractivity contribution in [3.05, 3.63) is 54.1 Å². The summed E-state index contributed by atoms with van der Waals surface area (Å²) in [5.74, 6) is 0.366. The van der Waals surface area contributed by atoms with Gasteiger partial charge in [-0.15, -0.1) is 10.2 Å². The Kier molecular flexibility index (Phi) is 6.20. The number of rotatable bonds is 4. The van der Waals surface area contributed by atoms with Gasteiger partial charge in [-0.3, -0.25) is 0 Å². The molecule has 1 fully saturated rings. The lowest BCUT2D eigenvalue weighted by molar-refractivity contribution is -0.137. The Labute approximate surface area is 194 Å². The molecule has 0 radical (unpaired) electrons. The zero-order valence-corrected chi connectivity index (χ0v) is 19.0. The fourth-order valence-electron chi connectivity index (χ4n) is 3.60. The van der Waals surface area contributed by atoms with Crippen LogP contribution in [0.5, 0.6) is 0 Å². The van der Waals surface area contributed by atoms with Crippen molar-refractivity contribution < 1.29 is 22.7 Å². The number of alkyl halides is 3. The zero-order chi connectivity index (χ0) is 24.5. The smallest absolute Gasteiger partial charge is 0.416 e. The second-order valence-electron chi connectivity index (χ2n) is 9.05. The SMILES string of the molecule is CC(C)(C)OC(=O)N1CCC(n2nnc(-c3ccccc3Nc3ccc(C(F)(F)F)cc3)n2)C1. The summed E-state index contributed by atoms with van der Waals surface area (Å²) in [6, 6.07) is 11.9. The Morgan fingerprint density at radius 1 is 1.09 bits per heavy atom. The molecule has 34 heavy (non-hydrogen) atoms. The van der Waals surface area contributed by atoms with Crippen LogP contribution in [0.4, 0.5) is 29.3 Å². The first-order valence-corrected chi connectivity index (χ1v) is 10.8. The van der Waals surface area contributed by atoms with E-state index in [1.807, 2.05) is 26.8 Å². The highest BCUT2D eigenvalue weighted by molar-refractivity contribution is 5.77. The molecular weight excluding hydrogens is 449 g/mol. The number of hydrogen-bond acceptors (Lipinski definition) is 6. The number of amides is 1. The molecule has 4 rings (SSSR count). The molecule has 3 aromatic rings. The van der Waals surface area contributed by atoms with Crippen LogP contribution in [-0.4, -0.2) is 49.9 Å². The Bertz CT molecular complexity index is 1150. The van der Waals surface area contributed by atoms with Crippen molar-refractivity contribution in [3.8, 4) is 11.4 Å². The minimum Gasteiger partial charge on any atom is -0.444 e. The van der Waals surface area contributed by atoms with Gasteiger partial charge < -0.3 is 15.0 Å². The Balaban J connectivity index is 1.48. The molecule has 1 amide bonds. The zero-order valence-electron chi connectivity index (χ0n) is 19.0. The Morgan fingerprint density at radius 3 is 2.47 bits per heavy atom. The van der Waals surface area contributed by atoms with Gasteiger partial charge in [0, 0.05) is 30.0 Å². The molecule has 11 heteroatoms. The van der Waals surface area contributed by atoms with Crippen molar-refractivity contribution in [2.75, 3.05) is 18.4 Å². The number of tetrazole rings is 1. The van der Waals surface area contributed by atoms with Gasteiger partial charge in [-0.05, 0) is 68.8 Å². The van der Waals surface area contributed by atoms with Crippen LogP contribution < -0.4 is 5.32 Å². The van der Waals surface area contributed by atoms with E-state index in [0.29, 0.717) is 42.3 Å². The molecule has 1 aliphatic rings. The number of hydrogen-bond donors (Lipinski definition) is 1. The number of para-hydroxylation sites is 1. The van der Waals surface area contributed by atoms with E-state index in [2.05, 4.69) is 20.7 Å². The molecule has 1 aromatic heterocycles. The molecule has 2 aromatic carbocycles. The summed E-state index contributed by atoms with van der Waals surface area (Å²) >= 11 is 0. The van der Waals surface area contributed by atoms with Crippen LogP contribution in [0.15, 0.2) is 48.5 Å². The van der Waals surface area contributed by atoms with Crippen LogP contribution in [0.2, 0.25) is 0 Å². The molecule has 1 N–H and O–H groups in total. The largest absolute Gasteiger partial charge is 0.444 e. The maximum absolute atomic E-state index is 12.8. The fraction of sp³-hybridized carbons (Fsp3) is 0.391. The molecule has 1 aliphatic heterocycles. The van der Waals surface area contributed by atoms with Gasteiger partial charge in [0.1, 0.15) is 5.60 Å². The molecule has 1 unspecified atom stereocenters. The number of likely N-dealkylation sites (tertiary alicyclic amines) is 1. The monoisotopic (exact) mass is 474 g/mol. The first-order chi connectivity index (χ1) is 16.0. The van der Waals surface area contributed by atoms with Gasteiger partial charge in [-0.1, -0.05) is 12.1 Å². The third kappa shape index (κ3) is 5.46. The number of halogens is 3. The normalized spacial score (nSPS) is 16.5. The lowest BCUT2D eigenvalue weighted by Gasteiger charge is -2.24. The highest BCUT2D eigenvalue weighted by Gasteiger charge is 2.32. The molecule has 2 heterocycles. The van der Waals surface area contributed by atoms with Crippen molar-refractivity contribution in [2.45, 2.75) is 45.0 Å². The maximum atomic E-state index is 12.8. The van der Waals surface area contributed by atoms with Gasteiger partial charge in [-0.2, -0.15) is 18.0 Å². The minimum atomic E-state index is -4.39. The van der Waals surface area contributed by atoms with Gasteiger partial charge in [0.2, 0.25) is 5.82 Å². The quantitative estimate of drug-likeness (QED) is 0.554. The second kappa shape index (κ2) is 8.96. The minimum absolute atomic E-state index is 0.135. The van der Waals surface area contributed by atoms with Crippen molar-refractivity contribution in [3.63, 3.8) is 0 Å². The molecule has 8 nitrogen and oxygen atoms in total. The number of nitrogens with one attached hydrogen (secondary N) is 1. The summed E-state index contributed by atoms with van der Waals surface area (Å²) < 4.78 is 43.9.